The molecule has 0 N–H and O–H groups in total. The van der Waals surface area contributed by atoms with E-state index in [1.807, 2.05) is 60.7 Å². The Hall–Kier alpha value is -3.73. The zero-order chi connectivity index (χ0) is 20.5. The highest BCUT2D eigenvalue weighted by Crippen LogP contribution is 2.28. The Kier molecular flexibility index (Phi) is 4.64. The highest BCUT2D eigenvalue weighted by molar-refractivity contribution is 6.12. The van der Waals surface area contributed by atoms with Crippen molar-refractivity contribution >= 4 is 22.4 Å². The number of anilines is 1. The number of aryl methyl sites for hydroxylation is 1. The van der Waals surface area contributed by atoms with Crippen molar-refractivity contribution in [3.8, 4) is 0 Å². The van der Waals surface area contributed by atoms with Crippen LogP contribution in [0.5, 0.6) is 0 Å². The van der Waals surface area contributed by atoms with Gasteiger partial charge < -0.3 is 4.90 Å². The third-order valence-corrected chi connectivity index (χ3v) is 5.60. The first kappa shape index (κ1) is 18.3. The summed E-state index contributed by atoms with van der Waals surface area (Å²) in [6, 6.07) is 24.9. The molecular formula is C25H21N3O2. The van der Waals surface area contributed by atoms with E-state index in [-0.39, 0.29) is 11.5 Å². The first-order chi connectivity index (χ1) is 14.7. The Morgan fingerprint density at radius 2 is 1.57 bits per heavy atom. The van der Waals surface area contributed by atoms with Crippen LogP contribution in [-0.2, 0) is 13.0 Å². The summed E-state index contributed by atoms with van der Waals surface area (Å²) in [6.45, 7) is 0.963. The number of aromatic nitrogens is 2. The van der Waals surface area contributed by atoms with E-state index >= 15 is 0 Å². The van der Waals surface area contributed by atoms with Gasteiger partial charge in [0.1, 0.15) is 0 Å². The molecule has 5 nitrogen and oxygen atoms in total. The van der Waals surface area contributed by atoms with Crippen molar-refractivity contribution in [2.75, 3.05) is 11.4 Å². The van der Waals surface area contributed by atoms with E-state index in [2.05, 4.69) is 11.2 Å². The molecule has 2 heterocycles. The van der Waals surface area contributed by atoms with Gasteiger partial charge >= 0.3 is 0 Å². The summed E-state index contributed by atoms with van der Waals surface area (Å²) in [7, 11) is 0. The molecule has 0 saturated carbocycles. The van der Waals surface area contributed by atoms with Crippen LogP contribution < -0.4 is 10.5 Å². The number of para-hydroxylation sites is 1. The minimum absolute atomic E-state index is 0.167. The minimum Gasteiger partial charge on any atom is -0.307 e. The Labute approximate surface area is 174 Å². The van der Waals surface area contributed by atoms with E-state index in [4.69, 9.17) is 0 Å². The maximum atomic E-state index is 13.6. The molecule has 4 aromatic rings. The number of benzene rings is 3. The van der Waals surface area contributed by atoms with Crippen LogP contribution in [0.3, 0.4) is 0 Å². The Morgan fingerprint density at radius 1 is 0.867 bits per heavy atom. The van der Waals surface area contributed by atoms with Gasteiger partial charge in [0.15, 0.2) is 5.69 Å². The zero-order valence-electron chi connectivity index (χ0n) is 16.5. The number of fused-ring (bicyclic) bond motifs is 2. The number of carbonyl (C=O) groups excluding carboxylic acids is 1. The summed E-state index contributed by atoms with van der Waals surface area (Å²) < 4.78 is 1.40. The third kappa shape index (κ3) is 3.18. The first-order valence-electron chi connectivity index (χ1n) is 10.2. The molecule has 1 aliphatic heterocycles. The molecule has 5 heteroatoms. The van der Waals surface area contributed by atoms with E-state index in [9.17, 15) is 9.59 Å². The van der Waals surface area contributed by atoms with Crippen LogP contribution in [0.25, 0.3) is 10.8 Å². The second-order valence-corrected chi connectivity index (χ2v) is 7.53. The van der Waals surface area contributed by atoms with Gasteiger partial charge in [-0.15, -0.1) is 0 Å². The molecule has 0 atom stereocenters. The van der Waals surface area contributed by atoms with Gasteiger partial charge in [-0.25, -0.2) is 4.68 Å². The number of amides is 1. The molecule has 0 aliphatic carbocycles. The Morgan fingerprint density at radius 3 is 2.40 bits per heavy atom. The maximum absolute atomic E-state index is 13.6. The lowest BCUT2D eigenvalue weighted by Crippen LogP contribution is -2.37. The molecular weight excluding hydrogens is 374 g/mol. The second-order valence-electron chi connectivity index (χ2n) is 7.53. The van der Waals surface area contributed by atoms with Crippen LogP contribution >= 0.6 is 0 Å². The van der Waals surface area contributed by atoms with Crippen LogP contribution in [0.15, 0.2) is 83.7 Å². The van der Waals surface area contributed by atoms with Crippen molar-refractivity contribution in [2.45, 2.75) is 19.4 Å². The summed E-state index contributed by atoms with van der Waals surface area (Å²) in [5.41, 5.74) is 3.19. The van der Waals surface area contributed by atoms with Gasteiger partial charge in [0.25, 0.3) is 11.5 Å². The highest BCUT2D eigenvalue weighted by Gasteiger charge is 2.26. The predicted molar refractivity (Wildman–Crippen MR) is 118 cm³/mol. The Bertz CT molecular complexity index is 1290. The van der Waals surface area contributed by atoms with E-state index < -0.39 is 0 Å². The van der Waals surface area contributed by atoms with Crippen molar-refractivity contribution in [1.29, 1.82) is 0 Å². The maximum Gasteiger partial charge on any atom is 0.279 e. The molecule has 148 valence electrons. The van der Waals surface area contributed by atoms with Gasteiger partial charge in [0, 0.05) is 17.6 Å². The van der Waals surface area contributed by atoms with E-state index in [0.717, 1.165) is 24.1 Å². The second kappa shape index (κ2) is 7.59. The number of hydrogen-bond acceptors (Lipinski definition) is 3. The Balaban J connectivity index is 1.65. The molecule has 0 unspecified atom stereocenters. The molecule has 5 rings (SSSR count). The normalized spacial score (nSPS) is 13.3. The molecule has 0 radical (unpaired) electrons. The number of hydrogen-bond donors (Lipinski definition) is 0. The average molecular weight is 395 g/mol. The van der Waals surface area contributed by atoms with Crippen LogP contribution in [0, 0.1) is 0 Å². The smallest absolute Gasteiger partial charge is 0.279 e. The van der Waals surface area contributed by atoms with Crippen molar-refractivity contribution in [3.05, 3.63) is 106 Å². The fourth-order valence-electron chi connectivity index (χ4n) is 4.13. The molecule has 0 spiro atoms. The number of nitrogens with zero attached hydrogens (tertiary/aromatic N) is 3. The molecule has 0 bridgehead atoms. The van der Waals surface area contributed by atoms with Crippen LogP contribution in [0.1, 0.15) is 28.0 Å². The summed E-state index contributed by atoms with van der Waals surface area (Å²) in [5, 5.41) is 5.67. The van der Waals surface area contributed by atoms with Gasteiger partial charge in [-0.2, -0.15) is 5.10 Å². The topological polar surface area (TPSA) is 55.2 Å². The lowest BCUT2D eigenvalue weighted by molar-refractivity contribution is 0.0980. The molecule has 3 aromatic carbocycles. The fraction of sp³-hybridized carbons (Fsp3) is 0.160. The van der Waals surface area contributed by atoms with Crippen LogP contribution in [0.2, 0.25) is 0 Å². The minimum atomic E-state index is -0.190. The van der Waals surface area contributed by atoms with Crippen LogP contribution in [-0.4, -0.2) is 22.2 Å². The van der Waals surface area contributed by atoms with E-state index in [1.165, 1.54) is 10.2 Å². The summed E-state index contributed by atoms with van der Waals surface area (Å²) in [4.78, 5) is 28.5. The molecule has 0 saturated heterocycles. The predicted octanol–water partition coefficient (Wildman–Crippen LogP) is 4.04. The summed E-state index contributed by atoms with van der Waals surface area (Å²) in [6.07, 6.45) is 1.87. The van der Waals surface area contributed by atoms with E-state index in [0.29, 0.717) is 29.6 Å². The van der Waals surface area contributed by atoms with Crippen molar-refractivity contribution < 1.29 is 4.79 Å². The van der Waals surface area contributed by atoms with E-state index in [1.54, 1.807) is 17.0 Å². The van der Waals surface area contributed by atoms with Gasteiger partial charge in [-0.3, -0.25) is 9.59 Å². The summed E-state index contributed by atoms with van der Waals surface area (Å²) in [5.74, 6) is -0.167. The van der Waals surface area contributed by atoms with Gasteiger partial charge in [0.2, 0.25) is 0 Å². The SMILES string of the molecule is O=C(c1nn(Cc2ccccc2)c(=O)c2ccccc12)N1CCCc2ccccc21. The molecule has 1 aliphatic rings. The standard InChI is InChI=1S/C25H21N3O2/c29-24-21-14-6-5-13-20(21)23(26-28(24)17-18-9-2-1-3-10-18)25(30)27-16-8-12-19-11-4-7-15-22(19)27/h1-7,9-11,13-15H,8,12,16-17H2. The van der Waals surface area contributed by atoms with Gasteiger partial charge in [-0.1, -0.05) is 66.7 Å². The van der Waals surface area contributed by atoms with Gasteiger partial charge in [0.05, 0.1) is 11.9 Å². The number of rotatable bonds is 3. The number of carbonyl (C=O) groups is 1. The average Bonchev–Trinajstić information content (AvgIpc) is 2.81. The van der Waals surface area contributed by atoms with Crippen LogP contribution in [0.4, 0.5) is 5.69 Å². The zero-order valence-corrected chi connectivity index (χ0v) is 16.5. The largest absolute Gasteiger partial charge is 0.307 e. The fourth-order valence-corrected chi connectivity index (χ4v) is 4.13. The molecule has 30 heavy (non-hydrogen) atoms. The summed E-state index contributed by atoms with van der Waals surface area (Å²) >= 11 is 0. The monoisotopic (exact) mass is 395 g/mol. The molecule has 1 aromatic heterocycles. The first-order valence-corrected chi connectivity index (χ1v) is 10.2. The molecule has 0 fully saturated rings. The quantitative estimate of drug-likeness (QED) is 0.526. The lowest BCUT2D eigenvalue weighted by Gasteiger charge is -2.29. The van der Waals surface area contributed by atoms with Gasteiger partial charge in [-0.05, 0) is 36.1 Å². The van der Waals surface area contributed by atoms with Crippen molar-refractivity contribution in [3.63, 3.8) is 0 Å². The molecule has 1 amide bonds. The lowest BCUT2D eigenvalue weighted by atomic mass is 10.0. The van der Waals surface area contributed by atoms with Crippen molar-refractivity contribution in [1.82, 2.24) is 9.78 Å². The third-order valence-electron chi connectivity index (χ3n) is 5.60. The highest BCUT2D eigenvalue weighted by atomic mass is 16.2. The van der Waals surface area contributed by atoms with Crippen molar-refractivity contribution in [2.24, 2.45) is 0 Å².